The van der Waals surface area contributed by atoms with Gasteiger partial charge in [0.05, 0.1) is 13.2 Å². The lowest BCUT2D eigenvalue weighted by Gasteiger charge is -2.19. The van der Waals surface area contributed by atoms with E-state index in [9.17, 15) is 0 Å². The van der Waals surface area contributed by atoms with Gasteiger partial charge in [-0.05, 0) is 31.4 Å². The van der Waals surface area contributed by atoms with E-state index in [-0.39, 0.29) is 0 Å². The SMILES string of the molecule is CCCOc1ccc(OCCC)c2c1C1C=CC2C1. The van der Waals surface area contributed by atoms with Crippen LogP contribution in [0.4, 0.5) is 0 Å². The van der Waals surface area contributed by atoms with E-state index in [1.54, 1.807) is 0 Å². The van der Waals surface area contributed by atoms with E-state index < -0.39 is 0 Å². The molecule has 2 atom stereocenters. The van der Waals surface area contributed by atoms with Gasteiger partial charge >= 0.3 is 0 Å². The molecule has 102 valence electrons. The van der Waals surface area contributed by atoms with Gasteiger partial charge in [-0.25, -0.2) is 0 Å². The molecule has 2 unspecified atom stereocenters. The van der Waals surface area contributed by atoms with E-state index in [0.29, 0.717) is 11.8 Å². The largest absolute Gasteiger partial charge is 0.493 e. The summed E-state index contributed by atoms with van der Waals surface area (Å²) in [6.45, 7) is 5.88. The van der Waals surface area contributed by atoms with Crippen molar-refractivity contribution in [2.75, 3.05) is 13.2 Å². The smallest absolute Gasteiger partial charge is 0.123 e. The van der Waals surface area contributed by atoms with Crippen LogP contribution in [-0.4, -0.2) is 13.2 Å². The van der Waals surface area contributed by atoms with Crippen LogP contribution in [0.3, 0.4) is 0 Å². The second kappa shape index (κ2) is 5.28. The first-order valence-corrected chi connectivity index (χ1v) is 7.45. The minimum absolute atomic E-state index is 0.539. The molecule has 0 heterocycles. The van der Waals surface area contributed by atoms with Gasteiger partial charge < -0.3 is 9.47 Å². The van der Waals surface area contributed by atoms with Crippen molar-refractivity contribution < 1.29 is 9.47 Å². The van der Waals surface area contributed by atoms with Crippen molar-refractivity contribution >= 4 is 0 Å². The van der Waals surface area contributed by atoms with Gasteiger partial charge in [0.25, 0.3) is 0 Å². The van der Waals surface area contributed by atoms with Crippen molar-refractivity contribution in [1.82, 2.24) is 0 Å². The first-order chi connectivity index (χ1) is 9.35. The lowest BCUT2D eigenvalue weighted by atomic mass is 9.95. The Morgan fingerprint density at radius 2 is 1.37 bits per heavy atom. The van der Waals surface area contributed by atoms with E-state index in [2.05, 4.69) is 38.1 Å². The highest BCUT2D eigenvalue weighted by Gasteiger charge is 2.37. The van der Waals surface area contributed by atoms with Gasteiger partial charge in [-0.3, -0.25) is 0 Å². The molecular weight excluding hydrogens is 236 g/mol. The van der Waals surface area contributed by atoms with Crippen LogP contribution in [0.5, 0.6) is 11.5 Å². The average molecular weight is 258 g/mol. The Bertz CT molecular complexity index is 447. The Labute approximate surface area is 115 Å². The minimum Gasteiger partial charge on any atom is -0.493 e. The van der Waals surface area contributed by atoms with Crippen molar-refractivity contribution in [3.05, 3.63) is 35.4 Å². The van der Waals surface area contributed by atoms with Gasteiger partial charge in [-0.15, -0.1) is 0 Å². The predicted molar refractivity (Wildman–Crippen MR) is 77.3 cm³/mol. The molecule has 0 spiro atoms. The third-order valence-corrected chi connectivity index (χ3v) is 3.96. The van der Waals surface area contributed by atoms with Gasteiger partial charge in [0.2, 0.25) is 0 Å². The molecule has 0 N–H and O–H groups in total. The minimum atomic E-state index is 0.539. The van der Waals surface area contributed by atoms with Crippen LogP contribution < -0.4 is 9.47 Å². The molecule has 0 amide bonds. The normalized spacial score (nSPS) is 22.6. The Morgan fingerprint density at radius 3 is 1.79 bits per heavy atom. The second-order valence-corrected chi connectivity index (χ2v) is 5.42. The third kappa shape index (κ3) is 2.13. The fourth-order valence-electron chi connectivity index (χ4n) is 3.16. The molecule has 2 bridgehead atoms. The van der Waals surface area contributed by atoms with Crippen molar-refractivity contribution in [2.45, 2.75) is 44.9 Å². The van der Waals surface area contributed by atoms with Crippen LogP contribution in [0, 0.1) is 0 Å². The summed E-state index contributed by atoms with van der Waals surface area (Å²) in [6, 6.07) is 4.18. The molecule has 2 aliphatic rings. The number of allylic oxidation sites excluding steroid dienone is 2. The van der Waals surface area contributed by atoms with E-state index in [1.165, 1.54) is 17.5 Å². The summed E-state index contributed by atoms with van der Waals surface area (Å²) >= 11 is 0. The van der Waals surface area contributed by atoms with Crippen molar-refractivity contribution in [3.63, 3.8) is 0 Å². The fraction of sp³-hybridized carbons (Fsp3) is 0.529. The van der Waals surface area contributed by atoms with E-state index >= 15 is 0 Å². The van der Waals surface area contributed by atoms with Crippen LogP contribution in [0.25, 0.3) is 0 Å². The van der Waals surface area contributed by atoms with Gasteiger partial charge in [0.1, 0.15) is 11.5 Å². The number of fused-ring (bicyclic) bond motifs is 5. The fourth-order valence-corrected chi connectivity index (χ4v) is 3.16. The van der Waals surface area contributed by atoms with Crippen LogP contribution in [0.15, 0.2) is 24.3 Å². The Hall–Kier alpha value is -1.44. The molecule has 0 aromatic heterocycles. The maximum Gasteiger partial charge on any atom is 0.123 e. The molecule has 1 aromatic rings. The quantitative estimate of drug-likeness (QED) is 0.704. The first kappa shape index (κ1) is 12.6. The maximum atomic E-state index is 5.92. The van der Waals surface area contributed by atoms with Crippen LogP contribution in [-0.2, 0) is 0 Å². The van der Waals surface area contributed by atoms with Gasteiger partial charge in [0.15, 0.2) is 0 Å². The standard InChI is InChI=1S/C17H22O2/c1-3-9-18-14-7-8-15(19-10-4-2)17-13-6-5-12(11-13)16(14)17/h5-8,12-13H,3-4,9-11H2,1-2H3. The summed E-state index contributed by atoms with van der Waals surface area (Å²) in [5, 5.41) is 0. The van der Waals surface area contributed by atoms with Gasteiger partial charge in [0, 0.05) is 23.0 Å². The van der Waals surface area contributed by atoms with E-state index in [0.717, 1.165) is 37.6 Å². The number of benzene rings is 1. The zero-order valence-corrected chi connectivity index (χ0v) is 11.8. The molecule has 0 radical (unpaired) electrons. The summed E-state index contributed by atoms with van der Waals surface area (Å²) in [5.41, 5.74) is 2.77. The lowest BCUT2D eigenvalue weighted by Crippen LogP contribution is -2.05. The molecule has 2 aliphatic carbocycles. The van der Waals surface area contributed by atoms with Crippen molar-refractivity contribution in [1.29, 1.82) is 0 Å². The van der Waals surface area contributed by atoms with Crippen molar-refractivity contribution in [2.24, 2.45) is 0 Å². The lowest BCUT2D eigenvalue weighted by molar-refractivity contribution is 0.304. The van der Waals surface area contributed by atoms with Crippen LogP contribution in [0.1, 0.15) is 56.1 Å². The van der Waals surface area contributed by atoms with E-state index in [4.69, 9.17) is 9.47 Å². The topological polar surface area (TPSA) is 18.5 Å². The molecule has 3 rings (SSSR count). The molecule has 2 nitrogen and oxygen atoms in total. The Morgan fingerprint density at radius 1 is 0.895 bits per heavy atom. The summed E-state index contributed by atoms with van der Waals surface area (Å²) in [6.07, 6.45) is 7.95. The Kier molecular flexibility index (Phi) is 3.50. The molecule has 2 heteroatoms. The molecule has 0 saturated carbocycles. The van der Waals surface area contributed by atoms with Crippen LogP contribution in [0.2, 0.25) is 0 Å². The van der Waals surface area contributed by atoms with Gasteiger partial charge in [-0.2, -0.15) is 0 Å². The molecule has 0 saturated heterocycles. The van der Waals surface area contributed by atoms with Crippen LogP contribution >= 0.6 is 0 Å². The zero-order valence-electron chi connectivity index (χ0n) is 11.8. The Balaban J connectivity index is 1.95. The monoisotopic (exact) mass is 258 g/mol. The third-order valence-electron chi connectivity index (χ3n) is 3.96. The summed E-state index contributed by atoms with van der Waals surface area (Å²) in [4.78, 5) is 0. The number of hydrogen-bond acceptors (Lipinski definition) is 2. The molecule has 0 fully saturated rings. The molecular formula is C17H22O2. The van der Waals surface area contributed by atoms with Crippen molar-refractivity contribution in [3.8, 4) is 11.5 Å². The highest BCUT2D eigenvalue weighted by molar-refractivity contribution is 5.60. The summed E-state index contributed by atoms with van der Waals surface area (Å²) < 4.78 is 11.8. The predicted octanol–water partition coefficient (Wildman–Crippen LogP) is 4.40. The zero-order chi connectivity index (χ0) is 13.2. The highest BCUT2D eigenvalue weighted by Crippen LogP contribution is 2.55. The molecule has 19 heavy (non-hydrogen) atoms. The van der Waals surface area contributed by atoms with Gasteiger partial charge in [-0.1, -0.05) is 26.0 Å². The number of hydrogen-bond donors (Lipinski definition) is 0. The number of ether oxygens (including phenoxy) is 2. The highest BCUT2D eigenvalue weighted by atomic mass is 16.5. The maximum absolute atomic E-state index is 5.92. The molecule has 1 aromatic carbocycles. The number of rotatable bonds is 6. The first-order valence-electron chi connectivity index (χ1n) is 7.45. The summed E-state index contributed by atoms with van der Waals surface area (Å²) in [5.74, 6) is 3.21. The van der Waals surface area contributed by atoms with E-state index in [1.807, 2.05) is 0 Å². The average Bonchev–Trinajstić information content (AvgIpc) is 3.05. The molecule has 0 aliphatic heterocycles. The second-order valence-electron chi connectivity index (χ2n) is 5.42. The summed E-state index contributed by atoms with van der Waals surface area (Å²) in [7, 11) is 0.